The summed E-state index contributed by atoms with van der Waals surface area (Å²) >= 11 is 6.11. The van der Waals surface area contributed by atoms with Gasteiger partial charge in [-0.1, -0.05) is 17.7 Å². The number of hydrogen-bond acceptors (Lipinski definition) is 7. The SMILES string of the molecule is Cc1cc(C(C)Nc2ccc(Cl)nc2C(=O)OC(C)(C)C)c2nc(N3CC4CC4C3)n(C)c(=O)c2c1. The molecule has 190 valence electrons. The molecule has 3 unspecified atom stereocenters. The Balaban J connectivity index is 1.54. The molecule has 3 heterocycles. The van der Waals surface area contributed by atoms with E-state index in [1.54, 1.807) is 44.5 Å². The fraction of sp³-hybridized carbons (Fsp3) is 0.481. The molecule has 2 aromatic heterocycles. The lowest BCUT2D eigenvalue weighted by Crippen LogP contribution is -2.31. The summed E-state index contributed by atoms with van der Waals surface area (Å²) < 4.78 is 7.21. The van der Waals surface area contributed by atoms with E-state index in [2.05, 4.69) is 15.2 Å². The Bertz CT molecular complexity index is 1420. The van der Waals surface area contributed by atoms with E-state index in [0.717, 1.165) is 36.1 Å². The average molecular weight is 510 g/mol. The fourth-order valence-corrected chi connectivity index (χ4v) is 5.21. The van der Waals surface area contributed by atoms with Gasteiger partial charge in [0.1, 0.15) is 10.8 Å². The maximum absolute atomic E-state index is 13.4. The van der Waals surface area contributed by atoms with Crippen LogP contribution in [0.3, 0.4) is 0 Å². The summed E-state index contributed by atoms with van der Waals surface area (Å²) in [4.78, 5) is 37.7. The minimum absolute atomic E-state index is 0.0599. The topological polar surface area (TPSA) is 89.3 Å². The van der Waals surface area contributed by atoms with Gasteiger partial charge in [0.2, 0.25) is 5.95 Å². The zero-order valence-corrected chi connectivity index (χ0v) is 22.3. The van der Waals surface area contributed by atoms with Gasteiger partial charge in [-0.2, -0.15) is 0 Å². The zero-order chi connectivity index (χ0) is 25.9. The van der Waals surface area contributed by atoms with E-state index < -0.39 is 11.6 Å². The number of aryl methyl sites for hydroxylation is 1. The molecule has 0 bridgehead atoms. The molecule has 9 heteroatoms. The molecule has 36 heavy (non-hydrogen) atoms. The molecule has 0 amide bonds. The van der Waals surface area contributed by atoms with E-state index in [4.69, 9.17) is 21.3 Å². The minimum atomic E-state index is -0.673. The van der Waals surface area contributed by atoms with Crippen LogP contribution in [0.25, 0.3) is 10.9 Å². The lowest BCUT2D eigenvalue weighted by Gasteiger charge is -2.24. The Morgan fingerprint density at radius 1 is 1.19 bits per heavy atom. The predicted molar refractivity (Wildman–Crippen MR) is 142 cm³/mol. The van der Waals surface area contributed by atoms with Crippen molar-refractivity contribution in [3.05, 3.63) is 56.6 Å². The summed E-state index contributed by atoms with van der Waals surface area (Å²) in [6.45, 7) is 11.2. The highest BCUT2D eigenvalue weighted by molar-refractivity contribution is 6.29. The van der Waals surface area contributed by atoms with Crippen LogP contribution in [0.15, 0.2) is 29.1 Å². The Morgan fingerprint density at radius 2 is 1.89 bits per heavy atom. The van der Waals surface area contributed by atoms with Crippen molar-refractivity contribution in [1.29, 1.82) is 0 Å². The van der Waals surface area contributed by atoms with E-state index in [1.165, 1.54) is 6.42 Å². The normalized spacial score (nSPS) is 19.8. The summed E-state index contributed by atoms with van der Waals surface area (Å²) in [5, 5.41) is 4.17. The first kappa shape index (κ1) is 24.6. The molecule has 1 saturated heterocycles. The molecule has 1 aliphatic heterocycles. The van der Waals surface area contributed by atoms with Crippen LogP contribution in [0.2, 0.25) is 5.15 Å². The third-order valence-electron chi connectivity index (χ3n) is 6.88. The smallest absolute Gasteiger partial charge is 0.359 e. The number of anilines is 2. The van der Waals surface area contributed by atoms with E-state index in [0.29, 0.717) is 22.5 Å². The van der Waals surface area contributed by atoms with Crippen LogP contribution >= 0.6 is 11.6 Å². The first-order valence-corrected chi connectivity index (χ1v) is 12.7. The van der Waals surface area contributed by atoms with E-state index >= 15 is 0 Å². The fourth-order valence-electron chi connectivity index (χ4n) is 5.06. The first-order chi connectivity index (χ1) is 16.9. The van der Waals surface area contributed by atoms with Crippen molar-refractivity contribution in [2.45, 2.75) is 52.7 Å². The molecule has 3 atom stereocenters. The largest absolute Gasteiger partial charge is 0.455 e. The molecule has 0 spiro atoms. The quantitative estimate of drug-likeness (QED) is 0.387. The van der Waals surface area contributed by atoms with Crippen molar-refractivity contribution in [3.8, 4) is 0 Å². The molecular weight excluding hydrogens is 478 g/mol. The highest BCUT2D eigenvalue weighted by Crippen LogP contribution is 2.46. The highest BCUT2D eigenvalue weighted by atomic mass is 35.5. The van der Waals surface area contributed by atoms with Crippen molar-refractivity contribution in [2.75, 3.05) is 23.3 Å². The first-order valence-electron chi connectivity index (χ1n) is 12.3. The third kappa shape index (κ3) is 4.66. The number of hydrogen-bond donors (Lipinski definition) is 1. The number of nitrogens with zero attached hydrogens (tertiary/aromatic N) is 4. The molecule has 2 aliphatic rings. The summed E-state index contributed by atoms with van der Waals surface area (Å²) in [5.41, 5.74) is 2.38. The summed E-state index contributed by atoms with van der Waals surface area (Å²) in [7, 11) is 1.80. The molecule has 1 aromatic carbocycles. The van der Waals surface area contributed by atoms with Crippen LogP contribution in [0, 0.1) is 18.8 Å². The van der Waals surface area contributed by atoms with Gasteiger partial charge in [-0.3, -0.25) is 9.36 Å². The van der Waals surface area contributed by atoms with E-state index in [9.17, 15) is 9.59 Å². The third-order valence-corrected chi connectivity index (χ3v) is 7.09. The van der Waals surface area contributed by atoms with Gasteiger partial charge < -0.3 is 15.0 Å². The molecular formula is C27H32ClN5O3. The second-order valence-corrected chi connectivity index (χ2v) is 11.5. The highest BCUT2D eigenvalue weighted by Gasteiger charge is 2.46. The van der Waals surface area contributed by atoms with E-state index in [-0.39, 0.29) is 22.4 Å². The van der Waals surface area contributed by atoms with Gasteiger partial charge >= 0.3 is 5.97 Å². The van der Waals surface area contributed by atoms with Gasteiger partial charge in [-0.25, -0.2) is 14.8 Å². The minimum Gasteiger partial charge on any atom is -0.455 e. The number of halogens is 1. The molecule has 0 radical (unpaired) electrons. The molecule has 8 nitrogen and oxygen atoms in total. The Morgan fingerprint density at radius 3 is 2.56 bits per heavy atom. The Labute approximate surface area is 215 Å². The maximum atomic E-state index is 13.4. The van der Waals surface area contributed by atoms with Gasteiger partial charge in [0.15, 0.2) is 5.69 Å². The predicted octanol–water partition coefficient (Wildman–Crippen LogP) is 4.87. The van der Waals surface area contributed by atoms with Crippen molar-refractivity contribution in [3.63, 3.8) is 0 Å². The standard InChI is InChI=1S/C27H32ClN5O3/c1-14-9-18(15(2)29-20-7-8-21(28)30-23(20)25(35)36-27(3,4)5)22-19(10-14)24(34)32(6)26(31-22)33-12-16-11-17(16)13-33/h7-10,15-17,29H,11-13H2,1-6H3. The Kier molecular flexibility index (Phi) is 5.98. The van der Waals surface area contributed by atoms with Crippen LogP contribution in [0.1, 0.15) is 61.8 Å². The zero-order valence-electron chi connectivity index (χ0n) is 21.6. The number of aromatic nitrogens is 3. The maximum Gasteiger partial charge on any atom is 0.359 e. The van der Waals surface area contributed by atoms with Gasteiger partial charge in [-0.05, 0) is 76.6 Å². The summed E-state index contributed by atoms with van der Waals surface area (Å²) in [6, 6.07) is 6.99. The molecule has 1 aliphatic carbocycles. The van der Waals surface area contributed by atoms with Gasteiger partial charge in [-0.15, -0.1) is 0 Å². The second-order valence-electron chi connectivity index (χ2n) is 11.1. The number of carbonyl (C=O) groups is 1. The number of fused-ring (bicyclic) bond motifs is 2. The summed E-state index contributed by atoms with van der Waals surface area (Å²) in [6.07, 6.45) is 1.28. The molecule has 2 fully saturated rings. The van der Waals surface area contributed by atoms with Gasteiger partial charge in [0.25, 0.3) is 5.56 Å². The molecule has 1 N–H and O–H groups in total. The number of carbonyl (C=O) groups excluding carboxylic acids is 1. The van der Waals surface area contributed by atoms with Crippen LogP contribution in [0.4, 0.5) is 11.6 Å². The van der Waals surface area contributed by atoms with Gasteiger partial charge in [0, 0.05) is 25.7 Å². The number of piperidine rings is 1. The lowest BCUT2D eigenvalue weighted by molar-refractivity contribution is 0.00640. The van der Waals surface area contributed by atoms with Crippen molar-refractivity contribution >= 4 is 40.1 Å². The number of rotatable bonds is 5. The average Bonchev–Trinajstić information content (AvgIpc) is 3.40. The van der Waals surface area contributed by atoms with Crippen molar-refractivity contribution in [1.82, 2.24) is 14.5 Å². The van der Waals surface area contributed by atoms with Crippen molar-refractivity contribution in [2.24, 2.45) is 18.9 Å². The molecule has 5 rings (SSSR count). The van der Waals surface area contributed by atoms with Crippen LogP contribution < -0.4 is 15.8 Å². The second kappa shape index (κ2) is 8.76. The van der Waals surface area contributed by atoms with Crippen LogP contribution in [-0.4, -0.2) is 39.2 Å². The Hall–Kier alpha value is -3.13. The number of esters is 1. The van der Waals surface area contributed by atoms with Gasteiger partial charge in [0.05, 0.1) is 22.6 Å². The van der Waals surface area contributed by atoms with Crippen LogP contribution in [0.5, 0.6) is 0 Å². The number of pyridine rings is 1. The molecule has 1 saturated carbocycles. The monoisotopic (exact) mass is 509 g/mol. The number of benzene rings is 1. The van der Waals surface area contributed by atoms with Crippen LogP contribution in [-0.2, 0) is 11.8 Å². The number of nitrogens with one attached hydrogen (secondary N) is 1. The lowest BCUT2D eigenvalue weighted by atomic mass is 10.0. The van der Waals surface area contributed by atoms with Crippen molar-refractivity contribution < 1.29 is 9.53 Å². The summed E-state index contributed by atoms with van der Waals surface area (Å²) in [5.74, 6) is 1.59. The number of ether oxygens (including phenoxy) is 1. The molecule has 3 aromatic rings. The van der Waals surface area contributed by atoms with E-state index in [1.807, 2.05) is 26.0 Å².